The summed E-state index contributed by atoms with van der Waals surface area (Å²) >= 11 is 1.80. The van der Waals surface area contributed by atoms with Crippen molar-refractivity contribution in [3.05, 3.63) is 74.3 Å². The number of amides is 1. The van der Waals surface area contributed by atoms with Crippen LogP contribution >= 0.6 is 11.8 Å². The molecule has 9 nitrogen and oxygen atoms in total. The molecule has 4 N–H and O–H groups in total. The van der Waals surface area contributed by atoms with E-state index in [-0.39, 0.29) is 40.9 Å². The third-order valence-corrected chi connectivity index (χ3v) is 7.15. The summed E-state index contributed by atoms with van der Waals surface area (Å²) in [5, 5.41) is 25.5. The number of aliphatic hydroxyl groups excluding tert-OH is 2. The summed E-state index contributed by atoms with van der Waals surface area (Å²) in [5.41, 5.74) is -0.0334. The molecule has 0 saturated carbocycles. The number of benzene rings is 1. The molecule has 0 spiro atoms. The molecule has 0 bridgehead atoms. The molecule has 35 heavy (non-hydrogen) atoms. The van der Waals surface area contributed by atoms with Gasteiger partial charge in [-0.05, 0) is 49.8 Å². The van der Waals surface area contributed by atoms with Crippen LogP contribution in [-0.4, -0.2) is 65.1 Å². The maximum absolute atomic E-state index is 12.7. The Kier molecular flexibility index (Phi) is 9.13. The van der Waals surface area contributed by atoms with E-state index in [1.54, 1.807) is 62.2 Å². The Morgan fingerprint density at radius 1 is 1.31 bits per heavy atom. The maximum atomic E-state index is 12.7. The summed E-state index contributed by atoms with van der Waals surface area (Å²) in [6, 6.07) is 6.37. The van der Waals surface area contributed by atoms with Crippen molar-refractivity contribution in [2.24, 2.45) is 0 Å². The zero-order chi connectivity index (χ0) is 25.5. The molecule has 2 unspecified atom stereocenters. The molecule has 1 aliphatic rings. The number of hydrogen-bond donors (Lipinski definition) is 4. The van der Waals surface area contributed by atoms with Gasteiger partial charge in [0.25, 0.3) is 16.8 Å². The van der Waals surface area contributed by atoms with Gasteiger partial charge in [-0.25, -0.2) is 0 Å². The Morgan fingerprint density at radius 3 is 2.71 bits per heavy atom. The van der Waals surface area contributed by atoms with Crippen LogP contribution in [0.4, 0.5) is 17.1 Å². The van der Waals surface area contributed by atoms with Gasteiger partial charge in [0.2, 0.25) is 0 Å². The second-order valence-electron chi connectivity index (χ2n) is 8.40. The highest BCUT2D eigenvalue weighted by atomic mass is 32.2. The second kappa shape index (κ2) is 12.1. The summed E-state index contributed by atoms with van der Waals surface area (Å²) in [4.78, 5) is 38.8. The van der Waals surface area contributed by atoms with Crippen molar-refractivity contribution in [1.82, 2.24) is 4.90 Å². The lowest BCUT2D eigenvalue weighted by molar-refractivity contribution is -0.0836. The Bertz CT molecular complexity index is 1160. The van der Waals surface area contributed by atoms with Crippen molar-refractivity contribution < 1.29 is 19.7 Å². The van der Waals surface area contributed by atoms with Gasteiger partial charge in [0.05, 0.1) is 18.3 Å². The number of nitrogens with zero attached hydrogens (tertiary/aromatic N) is 1. The molecule has 1 fully saturated rings. The normalized spacial score (nSPS) is 18.1. The Labute approximate surface area is 208 Å². The lowest BCUT2D eigenvalue weighted by atomic mass is 10.1. The minimum atomic E-state index is -1.10. The van der Waals surface area contributed by atoms with Crippen molar-refractivity contribution in [1.29, 1.82) is 0 Å². The van der Waals surface area contributed by atoms with Crippen LogP contribution < -0.4 is 21.5 Å². The molecule has 3 atom stereocenters. The highest BCUT2D eigenvalue weighted by molar-refractivity contribution is 8.00. The fourth-order valence-corrected chi connectivity index (χ4v) is 5.10. The van der Waals surface area contributed by atoms with E-state index in [0.29, 0.717) is 11.3 Å². The largest absolute Gasteiger partial charge is 0.513 e. The second-order valence-corrected chi connectivity index (χ2v) is 9.75. The first-order chi connectivity index (χ1) is 16.7. The van der Waals surface area contributed by atoms with Crippen LogP contribution in [0.1, 0.15) is 30.1 Å². The number of ether oxygens (including phenoxy) is 1. The summed E-state index contributed by atoms with van der Waals surface area (Å²) in [6.07, 6.45) is 6.13. The number of methoxy groups -OCH3 is 1. The van der Waals surface area contributed by atoms with Crippen molar-refractivity contribution in [2.75, 3.05) is 37.1 Å². The van der Waals surface area contributed by atoms with Crippen LogP contribution in [-0.2, 0) is 4.74 Å². The van der Waals surface area contributed by atoms with E-state index in [1.165, 1.54) is 12.0 Å². The SMILES string of the molecule is COC(O)CN(C)C(=O)c1cccc(Nc2c(N[C@@H](/C=C/C=C(/C)O)C3CCCS3)c(=O)c2=O)c1. The third kappa shape index (κ3) is 6.74. The Morgan fingerprint density at radius 2 is 2.06 bits per heavy atom. The monoisotopic (exact) mass is 501 g/mol. The van der Waals surface area contributed by atoms with Crippen molar-refractivity contribution in [3.63, 3.8) is 0 Å². The molecule has 1 heterocycles. The number of carbonyl (C=O) groups excluding carboxylic acids is 1. The molecule has 0 aliphatic carbocycles. The van der Waals surface area contributed by atoms with Crippen molar-refractivity contribution in [2.45, 2.75) is 37.3 Å². The van der Waals surface area contributed by atoms with Crippen molar-refractivity contribution in [3.8, 4) is 0 Å². The van der Waals surface area contributed by atoms with E-state index in [4.69, 9.17) is 4.74 Å². The summed E-state index contributed by atoms with van der Waals surface area (Å²) < 4.78 is 4.79. The van der Waals surface area contributed by atoms with Gasteiger partial charge < -0.3 is 30.5 Å². The number of likely N-dealkylation sites (N-methyl/N-ethyl adjacent to an activating group) is 1. The number of rotatable bonds is 11. The van der Waals surface area contributed by atoms with Crippen LogP contribution in [0.25, 0.3) is 0 Å². The number of carbonyl (C=O) groups is 1. The fraction of sp³-hybridized carbons (Fsp3) is 0.400. The number of allylic oxidation sites excluding steroid dienone is 3. The molecule has 2 aromatic carbocycles. The molecular formula is C25H31N3O6S. The predicted octanol–water partition coefficient (Wildman–Crippen LogP) is 2.76. The molecule has 0 aromatic heterocycles. The zero-order valence-electron chi connectivity index (χ0n) is 20.0. The van der Waals surface area contributed by atoms with Gasteiger partial charge in [-0.15, -0.1) is 0 Å². The van der Waals surface area contributed by atoms with Crippen LogP contribution in [0.5, 0.6) is 0 Å². The molecule has 1 amide bonds. The molecular weight excluding hydrogens is 470 g/mol. The van der Waals surface area contributed by atoms with Gasteiger partial charge in [0.15, 0.2) is 6.29 Å². The van der Waals surface area contributed by atoms with Gasteiger partial charge in [-0.3, -0.25) is 14.4 Å². The van der Waals surface area contributed by atoms with E-state index in [2.05, 4.69) is 10.6 Å². The third-order valence-electron chi connectivity index (χ3n) is 5.67. The first-order valence-corrected chi connectivity index (χ1v) is 12.3. The average molecular weight is 502 g/mol. The average Bonchev–Trinajstić information content (AvgIpc) is 3.39. The molecule has 1 saturated heterocycles. The Balaban J connectivity index is 1.79. The van der Waals surface area contributed by atoms with Gasteiger partial charge >= 0.3 is 0 Å². The minimum absolute atomic E-state index is 0.00171. The predicted molar refractivity (Wildman–Crippen MR) is 139 cm³/mol. The number of hydrogen-bond acceptors (Lipinski definition) is 9. The minimum Gasteiger partial charge on any atom is -0.513 e. The summed E-state index contributed by atoms with van der Waals surface area (Å²) in [7, 11) is 2.89. The van der Waals surface area contributed by atoms with Crippen LogP contribution in [0.2, 0.25) is 0 Å². The van der Waals surface area contributed by atoms with Gasteiger partial charge in [0.1, 0.15) is 11.4 Å². The van der Waals surface area contributed by atoms with Gasteiger partial charge in [-0.1, -0.05) is 18.2 Å². The molecule has 1 aliphatic heterocycles. The lowest BCUT2D eigenvalue weighted by Crippen LogP contribution is -2.40. The van der Waals surface area contributed by atoms with E-state index in [0.717, 1.165) is 18.6 Å². The Hall–Kier alpha value is -3.08. The quantitative estimate of drug-likeness (QED) is 0.159. The standard InChI is InChI=1S/C25H31N3O6S/c1-15(29)7-4-10-18(19-11-6-12-35-19)27-22-21(23(31)24(22)32)26-17-9-5-8-16(13-17)25(33)28(2)14-20(30)34-3/h4-5,7-10,13,18-20,26-27,29-30H,6,11-12,14H2,1-3H3/b10-4+,15-7-/t18-,19?,20?/m0/s1. The van der Waals surface area contributed by atoms with Gasteiger partial charge in [0, 0.05) is 30.7 Å². The van der Waals surface area contributed by atoms with E-state index in [1.807, 2.05) is 6.08 Å². The summed E-state index contributed by atoms with van der Waals surface area (Å²) in [5.74, 6) is 0.871. The smallest absolute Gasteiger partial charge is 0.253 e. The number of thioether (sulfide) groups is 1. The van der Waals surface area contributed by atoms with E-state index >= 15 is 0 Å². The zero-order valence-corrected chi connectivity index (χ0v) is 20.8. The molecule has 10 heteroatoms. The molecule has 3 rings (SSSR count). The summed E-state index contributed by atoms with van der Waals surface area (Å²) in [6.45, 7) is 1.57. The number of aliphatic hydroxyl groups is 2. The van der Waals surface area contributed by atoms with Crippen LogP contribution in [0.3, 0.4) is 0 Å². The van der Waals surface area contributed by atoms with E-state index in [9.17, 15) is 24.6 Å². The first-order valence-electron chi connectivity index (χ1n) is 11.3. The number of anilines is 3. The van der Waals surface area contributed by atoms with Gasteiger partial charge in [-0.2, -0.15) is 11.8 Å². The lowest BCUT2D eigenvalue weighted by Gasteiger charge is -2.24. The topological polar surface area (TPSA) is 128 Å². The van der Waals surface area contributed by atoms with Crippen LogP contribution in [0.15, 0.2) is 57.8 Å². The molecule has 0 radical (unpaired) electrons. The molecule has 188 valence electrons. The van der Waals surface area contributed by atoms with Crippen LogP contribution in [0, 0.1) is 0 Å². The molecule has 2 aromatic rings. The number of nitrogens with one attached hydrogen (secondary N) is 2. The van der Waals surface area contributed by atoms with E-state index < -0.39 is 17.1 Å². The highest BCUT2D eigenvalue weighted by Crippen LogP contribution is 2.32. The fourth-order valence-electron chi connectivity index (χ4n) is 3.77. The first kappa shape index (κ1) is 26.5. The van der Waals surface area contributed by atoms with Crippen molar-refractivity contribution >= 4 is 34.7 Å². The maximum Gasteiger partial charge on any atom is 0.253 e. The highest BCUT2D eigenvalue weighted by Gasteiger charge is 2.28.